The summed E-state index contributed by atoms with van der Waals surface area (Å²) in [5.74, 6) is -1.02. The minimum absolute atomic E-state index is 0.0775. The van der Waals surface area contributed by atoms with E-state index in [2.05, 4.69) is 10.5 Å². The molecule has 1 unspecified atom stereocenters. The Morgan fingerprint density at radius 2 is 2.26 bits per heavy atom. The summed E-state index contributed by atoms with van der Waals surface area (Å²) >= 11 is 0. The van der Waals surface area contributed by atoms with Gasteiger partial charge in [-0.2, -0.15) is 0 Å². The number of carboxylic acids is 1. The number of aliphatic carboxylic acids is 1. The van der Waals surface area contributed by atoms with Gasteiger partial charge in [-0.1, -0.05) is 5.16 Å². The first-order chi connectivity index (χ1) is 9.06. The molecule has 0 saturated carbocycles. The first kappa shape index (κ1) is 15.1. The van der Waals surface area contributed by atoms with Crippen LogP contribution < -0.4 is 5.32 Å². The van der Waals surface area contributed by atoms with E-state index in [4.69, 9.17) is 19.1 Å². The molecule has 1 atom stereocenters. The topological polar surface area (TPSA) is 111 Å². The van der Waals surface area contributed by atoms with E-state index in [1.165, 1.54) is 20.3 Å². The predicted octanol–water partition coefficient (Wildman–Crippen LogP) is 0.0405. The van der Waals surface area contributed by atoms with Gasteiger partial charge in [0, 0.05) is 26.8 Å². The van der Waals surface area contributed by atoms with Gasteiger partial charge in [0.2, 0.25) is 0 Å². The summed E-state index contributed by atoms with van der Waals surface area (Å²) in [4.78, 5) is 22.2. The van der Waals surface area contributed by atoms with Crippen molar-refractivity contribution in [1.82, 2.24) is 10.5 Å². The zero-order valence-corrected chi connectivity index (χ0v) is 10.7. The lowest BCUT2D eigenvalue weighted by Gasteiger charge is -2.12. The van der Waals surface area contributed by atoms with Gasteiger partial charge in [-0.15, -0.1) is 0 Å². The van der Waals surface area contributed by atoms with E-state index in [9.17, 15) is 9.59 Å². The van der Waals surface area contributed by atoms with Gasteiger partial charge in [0.15, 0.2) is 11.5 Å². The third-order valence-corrected chi connectivity index (χ3v) is 2.30. The van der Waals surface area contributed by atoms with Gasteiger partial charge in [0.05, 0.1) is 12.5 Å². The average Bonchev–Trinajstić information content (AvgIpc) is 2.82. The van der Waals surface area contributed by atoms with Crippen LogP contribution in [0.4, 0.5) is 0 Å². The van der Waals surface area contributed by atoms with E-state index < -0.39 is 18.0 Å². The summed E-state index contributed by atoms with van der Waals surface area (Å²) in [6, 6.07) is 1.46. The molecule has 2 N–H and O–H groups in total. The molecule has 0 bridgehead atoms. The molecule has 1 amide bonds. The van der Waals surface area contributed by atoms with E-state index in [1.807, 2.05) is 0 Å². The zero-order valence-electron chi connectivity index (χ0n) is 10.7. The van der Waals surface area contributed by atoms with Crippen molar-refractivity contribution in [3.05, 3.63) is 17.5 Å². The lowest BCUT2D eigenvalue weighted by atomic mass is 10.2. The number of hydrogen-bond donors (Lipinski definition) is 2. The van der Waals surface area contributed by atoms with Crippen LogP contribution in [-0.2, 0) is 20.9 Å². The fourth-order valence-electron chi connectivity index (χ4n) is 1.36. The molecule has 1 aromatic heterocycles. The van der Waals surface area contributed by atoms with Crippen molar-refractivity contribution in [3.63, 3.8) is 0 Å². The molecule has 1 aromatic rings. The molecule has 0 aromatic carbocycles. The van der Waals surface area contributed by atoms with Crippen molar-refractivity contribution in [3.8, 4) is 0 Å². The van der Waals surface area contributed by atoms with Crippen molar-refractivity contribution < 1.29 is 28.7 Å². The van der Waals surface area contributed by atoms with E-state index in [0.29, 0.717) is 5.76 Å². The maximum atomic E-state index is 11.7. The van der Waals surface area contributed by atoms with Gasteiger partial charge in [0.1, 0.15) is 6.61 Å². The molecule has 0 spiro atoms. The van der Waals surface area contributed by atoms with Crippen molar-refractivity contribution in [1.29, 1.82) is 0 Å². The summed E-state index contributed by atoms with van der Waals surface area (Å²) < 4.78 is 14.6. The number of carbonyl (C=O) groups excluding carboxylic acids is 1. The van der Waals surface area contributed by atoms with Crippen LogP contribution in [0.5, 0.6) is 0 Å². The maximum absolute atomic E-state index is 11.7. The molecular weight excluding hydrogens is 256 g/mol. The average molecular weight is 272 g/mol. The second-order valence-electron chi connectivity index (χ2n) is 3.78. The fourth-order valence-corrected chi connectivity index (χ4v) is 1.36. The molecule has 19 heavy (non-hydrogen) atoms. The van der Waals surface area contributed by atoms with Crippen LogP contribution in [0, 0.1) is 0 Å². The molecule has 0 fully saturated rings. The zero-order chi connectivity index (χ0) is 14.3. The highest BCUT2D eigenvalue weighted by molar-refractivity contribution is 5.92. The molecule has 1 heterocycles. The van der Waals surface area contributed by atoms with E-state index in [1.54, 1.807) is 0 Å². The lowest BCUT2D eigenvalue weighted by Crippen LogP contribution is -2.34. The molecule has 0 saturated heterocycles. The van der Waals surface area contributed by atoms with Crippen LogP contribution in [0.3, 0.4) is 0 Å². The molecule has 0 aliphatic heterocycles. The van der Waals surface area contributed by atoms with Crippen LogP contribution in [0.15, 0.2) is 10.6 Å². The van der Waals surface area contributed by atoms with Crippen molar-refractivity contribution in [2.75, 3.05) is 20.8 Å². The molecule has 8 nitrogen and oxygen atoms in total. The van der Waals surface area contributed by atoms with E-state index in [-0.39, 0.29) is 25.3 Å². The Labute approximate surface area is 109 Å². The van der Waals surface area contributed by atoms with Crippen molar-refractivity contribution in [2.45, 2.75) is 19.1 Å². The molecule has 0 aliphatic carbocycles. The maximum Gasteiger partial charge on any atom is 0.306 e. The van der Waals surface area contributed by atoms with Gasteiger partial charge >= 0.3 is 5.97 Å². The number of ether oxygens (including phenoxy) is 2. The van der Waals surface area contributed by atoms with Gasteiger partial charge < -0.3 is 24.4 Å². The van der Waals surface area contributed by atoms with Crippen LogP contribution in [0.25, 0.3) is 0 Å². The number of carbonyl (C=O) groups is 2. The Bertz CT molecular complexity index is 431. The second kappa shape index (κ2) is 7.49. The predicted molar refractivity (Wildman–Crippen MR) is 62.6 cm³/mol. The standard InChI is InChI=1S/C11H16N2O6/c1-17-6-8-3-9(13-19-8)11(16)12-5-7(18-2)4-10(14)15/h3,7H,4-6H2,1-2H3,(H,12,16)(H,14,15). The smallest absolute Gasteiger partial charge is 0.306 e. The second-order valence-corrected chi connectivity index (χ2v) is 3.78. The number of carboxylic acid groups (broad SMARTS) is 1. The van der Waals surface area contributed by atoms with Gasteiger partial charge in [-0.05, 0) is 0 Å². The first-order valence-corrected chi connectivity index (χ1v) is 5.54. The van der Waals surface area contributed by atoms with E-state index >= 15 is 0 Å². The molecule has 0 radical (unpaired) electrons. The van der Waals surface area contributed by atoms with Crippen LogP contribution in [-0.4, -0.2) is 49.0 Å². The normalized spacial score (nSPS) is 12.1. The Hall–Kier alpha value is -1.93. The minimum atomic E-state index is -0.995. The molecule has 8 heteroatoms. The van der Waals surface area contributed by atoms with Crippen LogP contribution in [0.1, 0.15) is 22.7 Å². The number of nitrogens with one attached hydrogen (secondary N) is 1. The molecular formula is C11H16N2O6. The number of hydrogen-bond acceptors (Lipinski definition) is 6. The minimum Gasteiger partial charge on any atom is -0.481 e. The number of aromatic nitrogens is 1. The molecule has 1 rings (SSSR count). The van der Waals surface area contributed by atoms with E-state index in [0.717, 1.165) is 0 Å². The third kappa shape index (κ3) is 5.06. The number of methoxy groups -OCH3 is 2. The quantitative estimate of drug-likeness (QED) is 0.687. The summed E-state index contributed by atoms with van der Waals surface area (Å²) in [7, 11) is 2.88. The molecule has 0 aliphatic rings. The highest BCUT2D eigenvalue weighted by Crippen LogP contribution is 2.05. The summed E-state index contributed by atoms with van der Waals surface area (Å²) in [5, 5.41) is 14.7. The Balaban J connectivity index is 2.47. The van der Waals surface area contributed by atoms with Crippen molar-refractivity contribution in [2.24, 2.45) is 0 Å². The van der Waals surface area contributed by atoms with Crippen molar-refractivity contribution >= 4 is 11.9 Å². The summed E-state index contributed by atoms with van der Waals surface area (Å²) in [6.45, 7) is 0.300. The first-order valence-electron chi connectivity index (χ1n) is 5.54. The Morgan fingerprint density at radius 3 is 2.84 bits per heavy atom. The SMILES string of the molecule is COCc1cc(C(=O)NCC(CC(=O)O)OC)no1. The lowest BCUT2D eigenvalue weighted by molar-refractivity contribution is -0.139. The summed E-state index contributed by atoms with van der Waals surface area (Å²) in [5.41, 5.74) is 0.109. The monoisotopic (exact) mass is 272 g/mol. The Morgan fingerprint density at radius 1 is 1.53 bits per heavy atom. The number of amides is 1. The largest absolute Gasteiger partial charge is 0.481 e. The van der Waals surface area contributed by atoms with Gasteiger partial charge in [-0.25, -0.2) is 0 Å². The van der Waals surface area contributed by atoms with Crippen LogP contribution in [0.2, 0.25) is 0 Å². The van der Waals surface area contributed by atoms with Gasteiger partial charge in [0.25, 0.3) is 5.91 Å². The number of nitrogens with zero attached hydrogens (tertiary/aromatic N) is 1. The summed E-state index contributed by atoms with van der Waals surface area (Å²) in [6.07, 6.45) is -0.781. The molecule has 106 valence electrons. The van der Waals surface area contributed by atoms with Crippen LogP contribution >= 0.6 is 0 Å². The highest BCUT2D eigenvalue weighted by atomic mass is 16.5. The van der Waals surface area contributed by atoms with Gasteiger partial charge in [-0.3, -0.25) is 9.59 Å². The Kier molecular flexibility index (Phi) is 5.97. The fraction of sp³-hybridized carbons (Fsp3) is 0.545. The highest BCUT2D eigenvalue weighted by Gasteiger charge is 2.16. The third-order valence-electron chi connectivity index (χ3n) is 2.30. The number of rotatable bonds is 8.